The van der Waals surface area contributed by atoms with Gasteiger partial charge in [0, 0.05) is 45.9 Å². The van der Waals surface area contributed by atoms with Gasteiger partial charge in [-0.2, -0.15) is 0 Å². The topological polar surface area (TPSA) is 40.5 Å². The molecule has 0 saturated heterocycles. The minimum Gasteiger partial charge on any atom is -0.397 e. The van der Waals surface area contributed by atoms with Gasteiger partial charge in [0.2, 0.25) is 0 Å². The maximum atomic E-state index is 8.29. The van der Waals surface area contributed by atoms with E-state index in [1.807, 2.05) is 0 Å². The second kappa shape index (κ2) is 22.5. The van der Waals surface area contributed by atoms with Crippen LogP contribution in [0.25, 0.3) is 0 Å². The van der Waals surface area contributed by atoms with Crippen molar-refractivity contribution in [3.05, 3.63) is 0 Å². The number of unbranched alkanes of at least 4 members (excludes halogenated alkanes) is 3. The maximum absolute atomic E-state index is 8.29. The molecular formula is C8H20O2Y. The molecule has 0 unspecified atom stereocenters. The Morgan fingerprint density at radius 2 is 1.36 bits per heavy atom. The van der Waals surface area contributed by atoms with Crippen molar-refractivity contribution in [2.75, 3.05) is 13.2 Å². The minimum absolute atomic E-state index is 0. The van der Waals surface area contributed by atoms with Crippen LogP contribution in [0, 0.1) is 0 Å². The summed E-state index contributed by atoms with van der Waals surface area (Å²) in [5.41, 5.74) is 0. The van der Waals surface area contributed by atoms with Crippen LogP contribution in [0.4, 0.5) is 0 Å². The molecule has 0 fully saturated rings. The average Bonchev–Trinajstić information content (AvgIpc) is 1.91. The Labute approximate surface area is 95.3 Å². The molecule has 3 heteroatoms. The SMILES string of the molecule is CCCCCCO.CCO.[Y]. The van der Waals surface area contributed by atoms with E-state index in [2.05, 4.69) is 6.92 Å². The van der Waals surface area contributed by atoms with Crippen molar-refractivity contribution < 1.29 is 42.9 Å². The zero-order valence-corrected chi connectivity index (χ0v) is 10.6. The predicted molar refractivity (Wildman–Crippen MR) is 44.0 cm³/mol. The average molecular weight is 237 g/mol. The van der Waals surface area contributed by atoms with E-state index in [0.717, 1.165) is 6.42 Å². The van der Waals surface area contributed by atoms with Crippen LogP contribution in [0.3, 0.4) is 0 Å². The van der Waals surface area contributed by atoms with Crippen LogP contribution < -0.4 is 0 Å². The van der Waals surface area contributed by atoms with Gasteiger partial charge in [-0.15, -0.1) is 0 Å². The first kappa shape index (κ1) is 17.9. The Balaban J connectivity index is -0.000000140. The number of rotatable bonds is 4. The second-order valence-corrected chi connectivity index (χ2v) is 2.10. The molecule has 2 N–H and O–H groups in total. The molecule has 0 bridgehead atoms. The quantitative estimate of drug-likeness (QED) is 0.728. The van der Waals surface area contributed by atoms with E-state index >= 15 is 0 Å². The van der Waals surface area contributed by atoms with Crippen molar-refractivity contribution in [3.8, 4) is 0 Å². The normalized spacial score (nSPS) is 7.64. The molecule has 2 nitrogen and oxygen atoms in total. The fourth-order valence-corrected chi connectivity index (χ4v) is 0.539. The summed E-state index contributed by atoms with van der Waals surface area (Å²) in [6.07, 6.45) is 4.68. The van der Waals surface area contributed by atoms with Gasteiger partial charge in [-0.1, -0.05) is 26.2 Å². The summed E-state index contributed by atoms with van der Waals surface area (Å²) in [5.74, 6) is 0. The first-order valence-corrected chi connectivity index (χ1v) is 4.05. The summed E-state index contributed by atoms with van der Waals surface area (Å²) in [5, 5.41) is 15.9. The van der Waals surface area contributed by atoms with E-state index < -0.39 is 0 Å². The molecule has 0 amide bonds. The van der Waals surface area contributed by atoms with Crippen LogP contribution in [-0.4, -0.2) is 23.4 Å². The van der Waals surface area contributed by atoms with Crippen LogP contribution in [0.15, 0.2) is 0 Å². The number of hydrogen-bond acceptors (Lipinski definition) is 2. The monoisotopic (exact) mass is 237 g/mol. The van der Waals surface area contributed by atoms with Crippen molar-refractivity contribution in [1.29, 1.82) is 0 Å². The number of aliphatic hydroxyl groups is 2. The molecular weight excluding hydrogens is 217 g/mol. The molecule has 0 aliphatic rings. The molecule has 0 aromatic rings. The minimum atomic E-state index is 0. The molecule has 0 aromatic carbocycles. The smallest absolute Gasteiger partial charge is 0.0431 e. The largest absolute Gasteiger partial charge is 0.397 e. The van der Waals surface area contributed by atoms with Gasteiger partial charge in [-0.05, 0) is 13.3 Å². The molecule has 0 aromatic heterocycles. The van der Waals surface area contributed by atoms with Gasteiger partial charge in [-0.3, -0.25) is 0 Å². The van der Waals surface area contributed by atoms with E-state index in [-0.39, 0.29) is 39.3 Å². The zero-order chi connectivity index (χ0) is 8.24. The van der Waals surface area contributed by atoms with Gasteiger partial charge in [0.1, 0.15) is 0 Å². The van der Waals surface area contributed by atoms with Crippen LogP contribution >= 0.6 is 0 Å². The molecule has 0 heterocycles. The van der Waals surface area contributed by atoms with Gasteiger partial charge in [0.15, 0.2) is 0 Å². The van der Waals surface area contributed by atoms with Crippen molar-refractivity contribution >= 4 is 0 Å². The van der Waals surface area contributed by atoms with Gasteiger partial charge in [0.05, 0.1) is 0 Å². The Morgan fingerprint density at radius 1 is 0.909 bits per heavy atom. The van der Waals surface area contributed by atoms with Crippen molar-refractivity contribution in [2.45, 2.75) is 39.5 Å². The third-order valence-corrected chi connectivity index (χ3v) is 1.01. The summed E-state index contributed by atoms with van der Waals surface area (Å²) >= 11 is 0. The molecule has 0 atom stereocenters. The summed E-state index contributed by atoms with van der Waals surface area (Å²) in [6, 6.07) is 0. The third-order valence-electron chi connectivity index (χ3n) is 1.01. The summed E-state index contributed by atoms with van der Waals surface area (Å²) in [7, 11) is 0. The van der Waals surface area contributed by atoms with Crippen LogP contribution in [0.2, 0.25) is 0 Å². The fourth-order valence-electron chi connectivity index (χ4n) is 0.539. The summed E-state index contributed by atoms with van der Waals surface area (Å²) in [6.45, 7) is 4.46. The molecule has 0 rings (SSSR count). The molecule has 0 spiro atoms. The molecule has 0 saturated carbocycles. The van der Waals surface area contributed by atoms with Crippen molar-refractivity contribution in [3.63, 3.8) is 0 Å². The Morgan fingerprint density at radius 3 is 1.64 bits per heavy atom. The summed E-state index contributed by atoms with van der Waals surface area (Å²) < 4.78 is 0. The van der Waals surface area contributed by atoms with Gasteiger partial charge >= 0.3 is 0 Å². The fraction of sp³-hybridized carbons (Fsp3) is 1.00. The van der Waals surface area contributed by atoms with Crippen LogP contribution in [-0.2, 0) is 32.7 Å². The molecule has 67 valence electrons. The molecule has 11 heavy (non-hydrogen) atoms. The summed E-state index contributed by atoms with van der Waals surface area (Å²) in [4.78, 5) is 0. The Bertz CT molecular complexity index is 39.1. The predicted octanol–water partition coefficient (Wildman–Crippen LogP) is 1.56. The van der Waals surface area contributed by atoms with Crippen LogP contribution in [0.1, 0.15) is 39.5 Å². The maximum Gasteiger partial charge on any atom is 0.0431 e. The Hall–Kier alpha value is 1.02. The standard InChI is InChI=1S/C6H14O.C2H6O.Y/c1-2-3-4-5-6-7;1-2-3;/h7H,2-6H2,1H3;3H,2H2,1H3;. The zero-order valence-electron chi connectivity index (χ0n) is 7.71. The van der Waals surface area contributed by atoms with E-state index in [1.165, 1.54) is 19.3 Å². The van der Waals surface area contributed by atoms with E-state index in [4.69, 9.17) is 10.2 Å². The molecule has 0 aliphatic heterocycles. The Kier molecular flexibility index (Phi) is 36.6. The van der Waals surface area contributed by atoms with Gasteiger partial charge < -0.3 is 10.2 Å². The third kappa shape index (κ3) is 35.6. The first-order valence-electron chi connectivity index (χ1n) is 4.05. The van der Waals surface area contributed by atoms with E-state index in [1.54, 1.807) is 6.92 Å². The van der Waals surface area contributed by atoms with Gasteiger partial charge in [0.25, 0.3) is 0 Å². The number of hydrogen-bond donors (Lipinski definition) is 2. The van der Waals surface area contributed by atoms with Crippen molar-refractivity contribution in [1.82, 2.24) is 0 Å². The second-order valence-electron chi connectivity index (χ2n) is 2.10. The van der Waals surface area contributed by atoms with Crippen LogP contribution in [0.5, 0.6) is 0 Å². The number of aliphatic hydroxyl groups excluding tert-OH is 2. The molecule has 1 radical (unpaired) electrons. The molecule has 0 aliphatic carbocycles. The van der Waals surface area contributed by atoms with Gasteiger partial charge in [-0.25, -0.2) is 0 Å². The van der Waals surface area contributed by atoms with E-state index in [9.17, 15) is 0 Å². The van der Waals surface area contributed by atoms with Crippen molar-refractivity contribution in [2.24, 2.45) is 0 Å². The van der Waals surface area contributed by atoms with E-state index in [0.29, 0.717) is 6.61 Å². The first-order chi connectivity index (χ1) is 4.83.